The molecule has 2 aromatic rings. The maximum atomic E-state index is 12.4. The van der Waals surface area contributed by atoms with E-state index in [4.69, 9.17) is 4.74 Å². The van der Waals surface area contributed by atoms with Crippen molar-refractivity contribution in [1.82, 2.24) is 4.90 Å². The second-order valence-electron chi connectivity index (χ2n) is 7.10. The number of amides is 2. The Morgan fingerprint density at radius 2 is 1.43 bits per heavy atom. The quantitative estimate of drug-likeness (QED) is 0.347. The van der Waals surface area contributed by atoms with Gasteiger partial charge in [-0.15, -0.1) is 0 Å². The van der Waals surface area contributed by atoms with Crippen LogP contribution in [0.1, 0.15) is 19.3 Å². The summed E-state index contributed by atoms with van der Waals surface area (Å²) in [7, 11) is 0. The number of nitrogens with zero attached hydrogens (tertiary/aromatic N) is 1. The summed E-state index contributed by atoms with van der Waals surface area (Å²) in [5.41, 5.74) is 2.12. The Bertz CT molecular complexity index is 891. The van der Waals surface area contributed by atoms with Gasteiger partial charge >= 0.3 is 5.97 Å². The van der Waals surface area contributed by atoms with Crippen molar-refractivity contribution < 1.29 is 19.1 Å². The second-order valence-corrected chi connectivity index (χ2v) is 7.10. The molecule has 0 radical (unpaired) electrons. The van der Waals surface area contributed by atoms with Crippen LogP contribution in [-0.2, 0) is 14.4 Å². The number of likely N-dealkylation sites (tertiary alicyclic amines) is 1. The predicted octanol–water partition coefficient (Wildman–Crippen LogP) is 3.60. The molecule has 1 saturated heterocycles. The molecule has 2 aromatic carbocycles. The number of rotatable bonds is 5. The molecule has 1 aliphatic carbocycles. The fraction of sp³-hybridized carbons (Fsp3) is 0.261. The van der Waals surface area contributed by atoms with Crippen molar-refractivity contribution in [1.29, 1.82) is 0 Å². The van der Waals surface area contributed by atoms with Crippen molar-refractivity contribution in [3.63, 3.8) is 0 Å². The minimum atomic E-state index is -0.457. The number of hydrogen-bond donors (Lipinski definition) is 0. The van der Waals surface area contributed by atoms with E-state index >= 15 is 0 Å². The van der Waals surface area contributed by atoms with Crippen LogP contribution in [0.15, 0.2) is 66.7 Å². The minimum Gasteiger partial charge on any atom is -0.426 e. The summed E-state index contributed by atoms with van der Waals surface area (Å²) < 4.78 is 5.35. The van der Waals surface area contributed by atoms with Crippen LogP contribution in [0.25, 0.3) is 11.1 Å². The summed E-state index contributed by atoms with van der Waals surface area (Å²) >= 11 is 0. The van der Waals surface area contributed by atoms with Gasteiger partial charge in [0.2, 0.25) is 11.8 Å². The molecule has 2 amide bonds. The Labute approximate surface area is 163 Å². The third kappa shape index (κ3) is 3.60. The van der Waals surface area contributed by atoms with Gasteiger partial charge in [-0.1, -0.05) is 54.6 Å². The molecule has 5 heteroatoms. The molecular weight excluding hydrogens is 354 g/mol. The average molecular weight is 375 g/mol. The highest BCUT2D eigenvalue weighted by atomic mass is 16.5. The molecule has 1 fully saturated rings. The highest BCUT2D eigenvalue weighted by Crippen LogP contribution is 2.35. The van der Waals surface area contributed by atoms with E-state index in [1.165, 1.54) is 4.90 Å². The fourth-order valence-electron chi connectivity index (χ4n) is 3.82. The van der Waals surface area contributed by atoms with Gasteiger partial charge in [-0.05, 0) is 36.1 Å². The molecule has 28 heavy (non-hydrogen) atoms. The van der Waals surface area contributed by atoms with E-state index in [9.17, 15) is 14.4 Å². The lowest BCUT2D eigenvalue weighted by Gasteiger charge is -2.14. The van der Waals surface area contributed by atoms with Crippen LogP contribution in [-0.4, -0.2) is 29.2 Å². The minimum absolute atomic E-state index is 0.00914. The van der Waals surface area contributed by atoms with E-state index in [1.54, 1.807) is 12.1 Å². The van der Waals surface area contributed by atoms with Crippen LogP contribution in [0.3, 0.4) is 0 Å². The molecule has 2 atom stereocenters. The summed E-state index contributed by atoms with van der Waals surface area (Å²) in [5.74, 6) is -0.875. The highest BCUT2D eigenvalue weighted by Gasteiger charge is 2.46. The van der Waals surface area contributed by atoms with Gasteiger partial charge in [0.25, 0.3) is 0 Å². The van der Waals surface area contributed by atoms with Crippen molar-refractivity contribution in [2.45, 2.75) is 19.3 Å². The van der Waals surface area contributed by atoms with Gasteiger partial charge < -0.3 is 4.74 Å². The zero-order chi connectivity index (χ0) is 19.5. The Hall–Kier alpha value is -3.21. The van der Waals surface area contributed by atoms with Gasteiger partial charge in [0.15, 0.2) is 0 Å². The first-order valence-electron chi connectivity index (χ1n) is 9.50. The van der Waals surface area contributed by atoms with Crippen molar-refractivity contribution in [3.05, 3.63) is 66.7 Å². The van der Waals surface area contributed by atoms with Gasteiger partial charge in [0.05, 0.1) is 18.3 Å². The first-order chi connectivity index (χ1) is 13.6. The number of hydrogen-bond acceptors (Lipinski definition) is 4. The molecule has 142 valence electrons. The van der Waals surface area contributed by atoms with Gasteiger partial charge in [-0.3, -0.25) is 19.3 Å². The second kappa shape index (κ2) is 7.80. The Morgan fingerprint density at radius 3 is 2.04 bits per heavy atom. The topological polar surface area (TPSA) is 63.7 Å². The normalized spacial score (nSPS) is 20.9. The molecule has 1 aliphatic heterocycles. The summed E-state index contributed by atoms with van der Waals surface area (Å²) in [6.07, 6.45) is 5.09. The summed E-state index contributed by atoms with van der Waals surface area (Å²) in [4.78, 5) is 38.2. The molecule has 0 unspecified atom stereocenters. The van der Waals surface area contributed by atoms with Gasteiger partial charge in [-0.2, -0.15) is 0 Å². The lowest BCUT2D eigenvalue weighted by molar-refractivity contribution is -0.141. The third-order valence-electron chi connectivity index (χ3n) is 5.33. The van der Waals surface area contributed by atoms with E-state index in [1.807, 2.05) is 54.6 Å². The van der Waals surface area contributed by atoms with Crippen LogP contribution < -0.4 is 4.74 Å². The average Bonchev–Trinajstić information content (AvgIpc) is 2.98. The summed E-state index contributed by atoms with van der Waals surface area (Å²) in [5, 5.41) is 0. The third-order valence-corrected chi connectivity index (χ3v) is 5.33. The van der Waals surface area contributed by atoms with Gasteiger partial charge in [0, 0.05) is 6.54 Å². The van der Waals surface area contributed by atoms with Crippen LogP contribution in [0.4, 0.5) is 0 Å². The number of benzene rings is 2. The Balaban J connectivity index is 1.32. The molecule has 1 heterocycles. The molecule has 2 aliphatic rings. The monoisotopic (exact) mass is 375 g/mol. The fourth-order valence-corrected chi connectivity index (χ4v) is 3.82. The summed E-state index contributed by atoms with van der Waals surface area (Å²) in [6.45, 7) is 0.0750. The molecule has 0 bridgehead atoms. The first kappa shape index (κ1) is 18.2. The van der Waals surface area contributed by atoms with Crippen LogP contribution in [0, 0.1) is 11.8 Å². The smallest absolute Gasteiger partial charge is 0.312 e. The van der Waals surface area contributed by atoms with E-state index in [0.717, 1.165) is 11.1 Å². The number of imide groups is 1. The number of esters is 1. The molecular formula is C23H21NO4. The number of fused-ring (bicyclic) bond motifs is 1. The van der Waals surface area contributed by atoms with E-state index < -0.39 is 5.97 Å². The van der Waals surface area contributed by atoms with Crippen molar-refractivity contribution in [3.8, 4) is 16.9 Å². The first-order valence-corrected chi connectivity index (χ1v) is 9.50. The van der Waals surface area contributed by atoms with Crippen molar-refractivity contribution >= 4 is 17.8 Å². The number of allylic oxidation sites excluding steroid dienone is 2. The van der Waals surface area contributed by atoms with Crippen LogP contribution in [0.2, 0.25) is 0 Å². The van der Waals surface area contributed by atoms with Gasteiger partial charge in [0.1, 0.15) is 5.75 Å². The Kier molecular flexibility index (Phi) is 5.06. The Morgan fingerprint density at radius 1 is 0.857 bits per heavy atom. The van der Waals surface area contributed by atoms with Gasteiger partial charge in [-0.25, -0.2) is 0 Å². The largest absolute Gasteiger partial charge is 0.426 e. The van der Waals surface area contributed by atoms with E-state index in [2.05, 4.69) is 0 Å². The maximum Gasteiger partial charge on any atom is 0.312 e. The molecule has 5 nitrogen and oxygen atoms in total. The predicted molar refractivity (Wildman–Crippen MR) is 104 cm³/mol. The molecule has 0 saturated carbocycles. The number of ether oxygens (including phenoxy) is 1. The summed E-state index contributed by atoms with van der Waals surface area (Å²) in [6, 6.07) is 17.2. The van der Waals surface area contributed by atoms with Crippen LogP contribution >= 0.6 is 0 Å². The molecule has 4 rings (SSSR count). The lowest BCUT2D eigenvalue weighted by Crippen LogP contribution is -2.33. The standard InChI is InChI=1S/C23H21NO4/c25-21(14-15-24-22(26)19-8-4-5-9-20(19)23(24)27)28-18-12-10-17(11-13-18)16-6-2-1-3-7-16/h1-7,10-13,19-20H,8-9,14-15H2/t19-,20-/m0/s1. The van der Waals surface area contributed by atoms with E-state index in [0.29, 0.717) is 18.6 Å². The van der Waals surface area contributed by atoms with E-state index in [-0.39, 0.29) is 36.6 Å². The highest BCUT2D eigenvalue weighted by molar-refractivity contribution is 6.05. The zero-order valence-electron chi connectivity index (χ0n) is 15.4. The molecule has 0 aromatic heterocycles. The van der Waals surface area contributed by atoms with Crippen LogP contribution in [0.5, 0.6) is 5.75 Å². The molecule has 0 N–H and O–H groups in total. The van der Waals surface area contributed by atoms with Crippen molar-refractivity contribution in [2.24, 2.45) is 11.8 Å². The lowest BCUT2D eigenvalue weighted by atomic mass is 9.85. The maximum absolute atomic E-state index is 12.4. The molecule has 0 spiro atoms. The van der Waals surface area contributed by atoms with Crippen molar-refractivity contribution in [2.75, 3.05) is 6.54 Å². The zero-order valence-corrected chi connectivity index (χ0v) is 15.4. The number of carbonyl (C=O) groups excluding carboxylic acids is 3. The number of carbonyl (C=O) groups is 3. The SMILES string of the molecule is O=C(CCN1C(=O)[C@H]2CC=CC[C@@H]2C1=O)Oc1ccc(-c2ccccc2)cc1.